The minimum atomic E-state index is -3.79. The molecule has 0 aliphatic rings. The largest absolute Gasteiger partial charge is 0.471 e. The first kappa shape index (κ1) is 11.9. The molecule has 0 unspecified atom stereocenters. The molecular weight excluding hydrogens is 216 g/mol. The van der Waals surface area contributed by atoms with E-state index in [1.807, 2.05) is 0 Å². The summed E-state index contributed by atoms with van der Waals surface area (Å²) in [6, 6.07) is 2.86. The molecule has 84 valence electrons. The highest BCUT2D eigenvalue weighted by atomic mass is 32.2. The lowest BCUT2D eigenvalue weighted by atomic mass is 10.2. The van der Waals surface area contributed by atoms with Crippen LogP contribution in [0.2, 0.25) is 0 Å². The third-order valence-electron chi connectivity index (χ3n) is 1.45. The van der Waals surface area contributed by atoms with Gasteiger partial charge in [-0.3, -0.25) is 0 Å². The first-order valence-corrected chi connectivity index (χ1v) is 5.91. The first-order chi connectivity index (χ1) is 6.70. The fraction of sp³-hybridized carbons (Fsp3) is 0.444. The molecule has 0 bridgehead atoms. The maximum atomic E-state index is 11.2. The Hall–Kier alpha value is -1.14. The second-order valence-electron chi connectivity index (χ2n) is 4.07. The zero-order valence-electron chi connectivity index (χ0n) is 8.89. The summed E-state index contributed by atoms with van der Waals surface area (Å²) in [7, 11) is -3.79. The molecule has 0 aliphatic heterocycles. The van der Waals surface area contributed by atoms with E-state index in [1.54, 1.807) is 20.8 Å². The molecule has 0 atom stereocenters. The van der Waals surface area contributed by atoms with Crippen molar-refractivity contribution in [1.29, 1.82) is 0 Å². The first-order valence-electron chi connectivity index (χ1n) is 4.37. The predicted molar refractivity (Wildman–Crippen MR) is 56.0 cm³/mol. The molecule has 0 spiro atoms. The van der Waals surface area contributed by atoms with E-state index in [9.17, 15) is 8.42 Å². The standard InChI is InChI=1S/C9H14N2O3S/c1-9(2,3)14-8-7(15(10,12)13)5-4-6-11-8/h4-6H,1-3H3,(H2,10,12,13). The number of sulfonamides is 1. The Balaban J connectivity index is 3.20. The van der Waals surface area contributed by atoms with E-state index in [0.29, 0.717) is 0 Å². The molecule has 0 radical (unpaired) electrons. The fourth-order valence-corrected chi connectivity index (χ4v) is 1.57. The molecule has 0 amide bonds. The van der Waals surface area contributed by atoms with Crippen molar-refractivity contribution in [3.05, 3.63) is 18.3 Å². The number of nitrogens with zero attached hydrogens (tertiary/aromatic N) is 1. The number of pyridine rings is 1. The molecular formula is C9H14N2O3S. The minimum Gasteiger partial charge on any atom is -0.471 e. The fourth-order valence-electron chi connectivity index (χ4n) is 0.959. The van der Waals surface area contributed by atoms with Crippen molar-refractivity contribution in [1.82, 2.24) is 4.98 Å². The number of hydrogen-bond acceptors (Lipinski definition) is 4. The SMILES string of the molecule is CC(C)(C)Oc1ncccc1S(N)(=O)=O. The van der Waals surface area contributed by atoms with Gasteiger partial charge in [0.25, 0.3) is 0 Å². The van der Waals surface area contributed by atoms with E-state index in [0.717, 1.165) is 0 Å². The number of hydrogen-bond donors (Lipinski definition) is 1. The molecule has 0 aromatic carbocycles. The Morgan fingerprint density at radius 3 is 2.47 bits per heavy atom. The molecule has 0 saturated heterocycles. The summed E-state index contributed by atoms with van der Waals surface area (Å²) in [5.74, 6) is 0.0347. The number of ether oxygens (including phenoxy) is 1. The Labute approximate surface area is 89.3 Å². The zero-order chi connectivity index (χ0) is 11.7. The Morgan fingerprint density at radius 1 is 1.40 bits per heavy atom. The molecule has 1 aromatic heterocycles. The summed E-state index contributed by atoms with van der Waals surface area (Å²) in [6.45, 7) is 5.40. The highest BCUT2D eigenvalue weighted by molar-refractivity contribution is 7.89. The summed E-state index contributed by atoms with van der Waals surface area (Å²) >= 11 is 0. The number of rotatable bonds is 2. The van der Waals surface area contributed by atoms with E-state index in [2.05, 4.69) is 4.98 Å². The van der Waals surface area contributed by atoms with Crippen LogP contribution in [0.5, 0.6) is 5.88 Å². The van der Waals surface area contributed by atoms with Gasteiger partial charge in [-0.05, 0) is 32.9 Å². The summed E-state index contributed by atoms with van der Waals surface area (Å²) < 4.78 is 27.8. The lowest BCUT2D eigenvalue weighted by Crippen LogP contribution is -2.25. The Kier molecular flexibility index (Phi) is 3.01. The summed E-state index contributed by atoms with van der Waals surface area (Å²) in [4.78, 5) is 3.75. The van der Waals surface area contributed by atoms with Gasteiger partial charge in [0.15, 0.2) is 0 Å². The number of primary sulfonamides is 1. The molecule has 0 aliphatic carbocycles. The Bertz CT molecular complexity index is 449. The van der Waals surface area contributed by atoms with E-state index >= 15 is 0 Å². The quantitative estimate of drug-likeness (QED) is 0.818. The molecule has 2 N–H and O–H groups in total. The second-order valence-corrected chi connectivity index (χ2v) is 5.60. The van der Waals surface area contributed by atoms with Crippen LogP contribution in [0.3, 0.4) is 0 Å². The van der Waals surface area contributed by atoms with Gasteiger partial charge in [0.05, 0.1) is 0 Å². The highest BCUT2D eigenvalue weighted by Gasteiger charge is 2.20. The molecule has 1 aromatic rings. The summed E-state index contributed by atoms with van der Waals surface area (Å²) in [6.07, 6.45) is 1.45. The van der Waals surface area contributed by atoms with Crippen LogP contribution < -0.4 is 9.88 Å². The number of aromatic nitrogens is 1. The van der Waals surface area contributed by atoms with Crippen molar-refractivity contribution in [3.8, 4) is 5.88 Å². The van der Waals surface area contributed by atoms with Gasteiger partial charge in [-0.1, -0.05) is 0 Å². The smallest absolute Gasteiger partial charge is 0.243 e. The van der Waals surface area contributed by atoms with E-state index in [-0.39, 0.29) is 10.8 Å². The van der Waals surface area contributed by atoms with Gasteiger partial charge >= 0.3 is 0 Å². The molecule has 1 heterocycles. The van der Waals surface area contributed by atoms with Gasteiger partial charge in [0, 0.05) is 6.20 Å². The highest BCUT2D eigenvalue weighted by Crippen LogP contribution is 2.22. The van der Waals surface area contributed by atoms with Gasteiger partial charge in [-0.15, -0.1) is 0 Å². The van der Waals surface area contributed by atoms with E-state index < -0.39 is 15.6 Å². The Morgan fingerprint density at radius 2 is 2.00 bits per heavy atom. The maximum Gasteiger partial charge on any atom is 0.243 e. The lowest BCUT2D eigenvalue weighted by Gasteiger charge is -2.21. The maximum absolute atomic E-state index is 11.2. The van der Waals surface area contributed by atoms with Crippen molar-refractivity contribution in [3.63, 3.8) is 0 Å². The van der Waals surface area contributed by atoms with Gasteiger partial charge in [-0.25, -0.2) is 18.5 Å². The van der Waals surface area contributed by atoms with E-state index in [1.165, 1.54) is 18.3 Å². The van der Waals surface area contributed by atoms with Crippen molar-refractivity contribution < 1.29 is 13.2 Å². The molecule has 0 fully saturated rings. The van der Waals surface area contributed by atoms with Crippen LogP contribution in [-0.2, 0) is 10.0 Å². The normalized spacial score (nSPS) is 12.5. The summed E-state index contributed by atoms with van der Waals surface area (Å²) in [5, 5.41) is 5.03. The van der Waals surface area contributed by atoms with Gasteiger partial charge < -0.3 is 4.74 Å². The zero-order valence-corrected chi connectivity index (χ0v) is 9.71. The predicted octanol–water partition coefficient (Wildman–Crippen LogP) is 0.906. The van der Waals surface area contributed by atoms with Gasteiger partial charge in [0.2, 0.25) is 15.9 Å². The second kappa shape index (κ2) is 3.79. The molecule has 15 heavy (non-hydrogen) atoms. The number of nitrogens with two attached hydrogens (primary N) is 1. The van der Waals surface area contributed by atoms with Crippen LogP contribution >= 0.6 is 0 Å². The summed E-state index contributed by atoms with van der Waals surface area (Å²) in [5.41, 5.74) is -0.520. The monoisotopic (exact) mass is 230 g/mol. The van der Waals surface area contributed by atoms with Crippen LogP contribution in [0.1, 0.15) is 20.8 Å². The average molecular weight is 230 g/mol. The third kappa shape index (κ3) is 3.49. The topological polar surface area (TPSA) is 82.3 Å². The third-order valence-corrected chi connectivity index (χ3v) is 2.37. The lowest BCUT2D eigenvalue weighted by molar-refractivity contribution is 0.119. The molecule has 0 saturated carbocycles. The van der Waals surface area contributed by atoms with Crippen molar-refractivity contribution in [2.45, 2.75) is 31.3 Å². The van der Waals surface area contributed by atoms with E-state index in [4.69, 9.17) is 9.88 Å². The van der Waals surface area contributed by atoms with Crippen molar-refractivity contribution in [2.75, 3.05) is 0 Å². The van der Waals surface area contributed by atoms with Crippen LogP contribution in [-0.4, -0.2) is 19.0 Å². The minimum absolute atomic E-state index is 0.0347. The van der Waals surface area contributed by atoms with Gasteiger partial charge in [0.1, 0.15) is 10.5 Å². The molecule has 1 rings (SSSR count). The van der Waals surface area contributed by atoms with Crippen molar-refractivity contribution >= 4 is 10.0 Å². The van der Waals surface area contributed by atoms with Crippen LogP contribution in [0.4, 0.5) is 0 Å². The molecule has 5 nitrogen and oxygen atoms in total. The van der Waals surface area contributed by atoms with Crippen LogP contribution in [0.25, 0.3) is 0 Å². The van der Waals surface area contributed by atoms with Crippen molar-refractivity contribution in [2.24, 2.45) is 5.14 Å². The average Bonchev–Trinajstić information content (AvgIpc) is 1.99. The van der Waals surface area contributed by atoms with Crippen LogP contribution in [0.15, 0.2) is 23.2 Å². The molecule has 6 heteroatoms. The van der Waals surface area contributed by atoms with Gasteiger partial charge in [-0.2, -0.15) is 0 Å². The van der Waals surface area contributed by atoms with Crippen LogP contribution in [0, 0.1) is 0 Å².